The van der Waals surface area contributed by atoms with Gasteiger partial charge in [0.2, 0.25) is 0 Å². The van der Waals surface area contributed by atoms with E-state index in [9.17, 15) is 20.2 Å². The maximum Gasteiger partial charge on any atom is 0.285 e. The zero-order chi connectivity index (χ0) is 11.7. The minimum atomic E-state index is -0.695. The number of non-ortho nitro benzene ring substituents is 2. The van der Waals surface area contributed by atoms with E-state index in [0.29, 0.717) is 10.8 Å². The smallest absolute Gasteiger partial charge is 0.258 e. The molecule has 0 unspecified atom stereocenters. The minimum absolute atomic E-state index is 0.277. The summed E-state index contributed by atoms with van der Waals surface area (Å²) < 4.78 is 0. The highest BCUT2D eigenvalue weighted by atomic mass is 16.6. The van der Waals surface area contributed by atoms with Gasteiger partial charge in [-0.25, -0.2) is 0 Å². The summed E-state index contributed by atoms with van der Waals surface area (Å²) >= 11 is 0. The van der Waals surface area contributed by atoms with Gasteiger partial charge in [-0.1, -0.05) is 18.2 Å². The molecule has 2 aromatic carbocycles. The molecule has 0 bridgehead atoms. The molecule has 0 fully saturated rings. The van der Waals surface area contributed by atoms with Gasteiger partial charge >= 0.3 is 0 Å². The molecule has 6 heteroatoms. The van der Waals surface area contributed by atoms with Gasteiger partial charge in [0.05, 0.1) is 27.4 Å². The van der Waals surface area contributed by atoms with Crippen LogP contribution in [0.25, 0.3) is 10.8 Å². The largest absolute Gasteiger partial charge is 0.285 e. The van der Waals surface area contributed by atoms with Crippen LogP contribution in [0.3, 0.4) is 0 Å². The van der Waals surface area contributed by atoms with Crippen LogP contribution >= 0.6 is 0 Å². The van der Waals surface area contributed by atoms with Crippen molar-refractivity contribution in [2.45, 2.75) is 0 Å². The van der Waals surface area contributed by atoms with E-state index >= 15 is 0 Å². The molecule has 0 aliphatic heterocycles. The molecule has 2 aromatic rings. The first-order valence-corrected chi connectivity index (χ1v) is 4.33. The molecule has 79 valence electrons. The van der Waals surface area contributed by atoms with Crippen molar-refractivity contribution >= 4 is 22.1 Å². The monoisotopic (exact) mass is 217 g/mol. The number of benzene rings is 2. The van der Waals surface area contributed by atoms with Gasteiger partial charge in [-0.3, -0.25) is 20.2 Å². The van der Waals surface area contributed by atoms with E-state index in [0.717, 1.165) is 6.07 Å². The lowest BCUT2D eigenvalue weighted by Gasteiger charge is -1.98. The van der Waals surface area contributed by atoms with Crippen LogP contribution in [0, 0.1) is 26.3 Å². The number of nitro benzene ring substituents is 2. The van der Waals surface area contributed by atoms with Gasteiger partial charge in [-0.15, -0.1) is 0 Å². The van der Waals surface area contributed by atoms with Crippen molar-refractivity contribution in [3.63, 3.8) is 0 Å². The number of rotatable bonds is 2. The first-order chi connectivity index (χ1) is 7.59. The highest BCUT2D eigenvalue weighted by Gasteiger charge is 2.18. The fourth-order valence-electron chi connectivity index (χ4n) is 1.45. The van der Waals surface area contributed by atoms with Crippen LogP contribution in [0.1, 0.15) is 0 Å². The van der Waals surface area contributed by atoms with Crippen molar-refractivity contribution < 1.29 is 9.85 Å². The van der Waals surface area contributed by atoms with E-state index < -0.39 is 15.5 Å². The van der Waals surface area contributed by atoms with E-state index in [-0.39, 0.29) is 5.69 Å². The van der Waals surface area contributed by atoms with Crippen LogP contribution in [0.5, 0.6) is 0 Å². The molecule has 0 amide bonds. The van der Waals surface area contributed by atoms with Gasteiger partial charge in [0.15, 0.2) is 0 Å². The Balaban J connectivity index is 2.84. The van der Waals surface area contributed by atoms with E-state index in [1.165, 1.54) is 6.07 Å². The van der Waals surface area contributed by atoms with Crippen molar-refractivity contribution in [3.8, 4) is 0 Å². The normalized spacial score (nSPS) is 10.2. The van der Waals surface area contributed by atoms with E-state index in [1.54, 1.807) is 18.2 Å². The fraction of sp³-hybridized carbons (Fsp3) is 0. The summed E-state index contributed by atoms with van der Waals surface area (Å²) in [5.41, 5.74) is -0.675. The lowest BCUT2D eigenvalue weighted by atomic mass is 10.1. The molecule has 0 saturated carbocycles. The van der Waals surface area contributed by atoms with Crippen molar-refractivity contribution in [2.24, 2.45) is 0 Å². The molecule has 0 atom stereocenters. The minimum Gasteiger partial charge on any atom is -0.258 e. The van der Waals surface area contributed by atoms with Crippen LogP contribution < -0.4 is 0 Å². The highest BCUT2D eigenvalue weighted by molar-refractivity contribution is 5.92. The molecule has 2 rings (SSSR count). The van der Waals surface area contributed by atoms with Gasteiger partial charge < -0.3 is 0 Å². The first kappa shape index (κ1) is 10.0. The van der Waals surface area contributed by atoms with Gasteiger partial charge in [-0.2, -0.15) is 0 Å². The molecule has 0 heterocycles. The van der Waals surface area contributed by atoms with Crippen LogP contribution in [0.15, 0.2) is 30.3 Å². The molecule has 1 radical (unpaired) electrons. The Labute approximate surface area is 89.4 Å². The molecular weight excluding hydrogens is 212 g/mol. The van der Waals surface area contributed by atoms with Crippen LogP contribution in [0.4, 0.5) is 11.4 Å². The Morgan fingerprint density at radius 1 is 1.06 bits per heavy atom. The average molecular weight is 217 g/mol. The summed E-state index contributed by atoms with van der Waals surface area (Å²) in [6.45, 7) is 0. The van der Waals surface area contributed by atoms with Crippen molar-refractivity contribution in [3.05, 3.63) is 56.6 Å². The molecule has 0 aliphatic carbocycles. The number of hydrogen-bond acceptors (Lipinski definition) is 4. The summed E-state index contributed by atoms with van der Waals surface area (Å²) in [7, 11) is 0. The number of hydrogen-bond donors (Lipinski definition) is 0. The zero-order valence-corrected chi connectivity index (χ0v) is 7.91. The van der Waals surface area contributed by atoms with Gasteiger partial charge in [0.25, 0.3) is 11.4 Å². The summed E-state index contributed by atoms with van der Waals surface area (Å²) in [5, 5.41) is 22.0. The molecule has 0 aromatic heterocycles. The van der Waals surface area contributed by atoms with Gasteiger partial charge in [0.1, 0.15) is 0 Å². The standard InChI is InChI=1S/C10H5N2O4/c13-11(14)8-5-7-3-1-2-4-9(7)10(6-8)12(15)16/h1-4,6H. The molecule has 0 saturated heterocycles. The molecule has 16 heavy (non-hydrogen) atoms. The van der Waals surface area contributed by atoms with Gasteiger partial charge in [-0.05, 0) is 6.07 Å². The van der Waals surface area contributed by atoms with Gasteiger partial charge in [0, 0.05) is 5.39 Å². The third-order valence-corrected chi connectivity index (χ3v) is 2.13. The predicted molar refractivity (Wildman–Crippen MR) is 56.1 cm³/mol. The Kier molecular flexibility index (Phi) is 2.24. The Bertz CT molecular complexity index is 594. The maximum absolute atomic E-state index is 10.8. The molecular formula is C10H5N2O4. The van der Waals surface area contributed by atoms with Crippen molar-refractivity contribution in [2.75, 3.05) is 0 Å². The SMILES string of the molecule is O=[N+]([O-])c1[c]c2ccccc2c([N+](=O)[O-])c1. The fourth-order valence-corrected chi connectivity index (χ4v) is 1.45. The average Bonchev–Trinajstić information content (AvgIpc) is 2.27. The van der Waals surface area contributed by atoms with Crippen LogP contribution in [-0.4, -0.2) is 9.85 Å². The quantitative estimate of drug-likeness (QED) is 0.571. The molecule has 0 N–H and O–H groups in total. The second-order valence-electron chi connectivity index (χ2n) is 3.10. The van der Waals surface area contributed by atoms with Crippen LogP contribution in [0.2, 0.25) is 0 Å². The highest BCUT2D eigenvalue weighted by Crippen LogP contribution is 2.29. The summed E-state index contributed by atoms with van der Waals surface area (Å²) in [6, 6.07) is 9.80. The lowest BCUT2D eigenvalue weighted by molar-refractivity contribution is -0.393. The van der Waals surface area contributed by atoms with E-state index in [2.05, 4.69) is 6.07 Å². The lowest BCUT2D eigenvalue weighted by Crippen LogP contribution is -1.94. The molecule has 0 aliphatic rings. The molecule has 0 spiro atoms. The summed E-state index contributed by atoms with van der Waals surface area (Å²) in [5.74, 6) is 0. The van der Waals surface area contributed by atoms with E-state index in [4.69, 9.17) is 0 Å². The summed E-state index contributed by atoms with van der Waals surface area (Å²) in [4.78, 5) is 20.0. The Morgan fingerprint density at radius 2 is 1.75 bits per heavy atom. The Hall–Kier alpha value is -2.50. The number of nitro groups is 2. The number of fused-ring (bicyclic) bond motifs is 1. The third kappa shape index (κ3) is 1.56. The maximum atomic E-state index is 10.8. The van der Waals surface area contributed by atoms with Crippen LogP contribution in [-0.2, 0) is 0 Å². The zero-order valence-electron chi connectivity index (χ0n) is 7.91. The number of nitrogens with zero attached hydrogens (tertiary/aromatic N) is 2. The molecule has 6 nitrogen and oxygen atoms in total. The van der Waals surface area contributed by atoms with E-state index in [1.807, 2.05) is 0 Å². The van der Waals surface area contributed by atoms with Crippen molar-refractivity contribution in [1.29, 1.82) is 0 Å². The second-order valence-corrected chi connectivity index (χ2v) is 3.10. The topological polar surface area (TPSA) is 86.3 Å². The predicted octanol–water partition coefficient (Wildman–Crippen LogP) is 2.46. The summed E-state index contributed by atoms with van der Waals surface area (Å²) in [6.07, 6.45) is 0. The van der Waals surface area contributed by atoms with Crippen molar-refractivity contribution in [1.82, 2.24) is 0 Å². The Morgan fingerprint density at radius 3 is 2.38 bits per heavy atom. The second kappa shape index (κ2) is 3.58. The third-order valence-electron chi connectivity index (χ3n) is 2.13. The first-order valence-electron chi connectivity index (χ1n) is 4.33.